The zero-order valence-electron chi connectivity index (χ0n) is 12.4. The fourth-order valence-corrected chi connectivity index (χ4v) is 2.51. The van der Waals surface area contributed by atoms with E-state index in [0.717, 1.165) is 19.5 Å². The number of amides is 1. The average Bonchev–Trinajstić information content (AvgIpc) is 2.46. The molecule has 1 aromatic carbocycles. The van der Waals surface area contributed by atoms with Gasteiger partial charge in [0.2, 0.25) is 0 Å². The Morgan fingerprint density at radius 3 is 2.70 bits per heavy atom. The molecule has 0 saturated carbocycles. The van der Waals surface area contributed by atoms with Crippen molar-refractivity contribution in [2.45, 2.75) is 32.4 Å². The van der Waals surface area contributed by atoms with Gasteiger partial charge in [0.25, 0.3) is 5.91 Å². The maximum atomic E-state index is 12.3. The lowest BCUT2D eigenvalue weighted by Crippen LogP contribution is -3.13. The van der Waals surface area contributed by atoms with Crippen LogP contribution < -0.4 is 4.90 Å². The zero-order valence-corrected chi connectivity index (χ0v) is 12.4. The van der Waals surface area contributed by atoms with Crippen LogP contribution in [0.3, 0.4) is 0 Å². The maximum Gasteiger partial charge on any atom is 0.278 e. The minimum Gasteiger partial charge on any atom is -0.323 e. The molecule has 0 fully saturated rings. The first kappa shape index (κ1) is 14.5. The molecule has 2 rings (SSSR count). The van der Waals surface area contributed by atoms with Crippen molar-refractivity contribution in [2.75, 3.05) is 20.1 Å². The summed E-state index contributed by atoms with van der Waals surface area (Å²) in [5.74, 6) is 0.0333. The number of fused-ring (bicyclic) bond motifs is 1. The molecular formula is C16H22N3O+. The van der Waals surface area contributed by atoms with E-state index in [4.69, 9.17) is 5.26 Å². The van der Waals surface area contributed by atoms with Gasteiger partial charge in [0.1, 0.15) is 12.1 Å². The van der Waals surface area contributed by atoms with Gasteiger partial charge in [0.15, 0.2) is 6.54 Å². The van der Waals surface area contributed by atoms with Crippen LogP contribution in [0.25, 0.3) is 0 Å². The lowest BCUT2D eigenvalue weighted by atomic mass is 10.00. The number of nitrogens with one attached hydrogen (secondary N) is 1. The molecular weight excluding hydrogens is 250 g/mol. The highest BCUT2D eigenvalue weighted by Crippen LogP contribution is 2.12. The highest BCUT2D eigenvalue weighted by atomic mass is 16.2. The third-order valence-electron chi connectivity index (χ3n) is 4.19. The predicted molar refractivity (Wildman–Crippen MR) is 77.0 cm³/mol. The van der Waals surface area contributed by atoms with E-state index in [0.29, 0.717) is 6.54 Å². The van der Waals surface area contributed by atoms with E-state index in [-0.39, 0.29) is 5.91 Å². The number of carbonyl (C=O) groups is 1. The Hall–Kier alpha value is -1.86. The molecule has 1 N–H and O–H groups in total. The molecule has 1 aliphatic rings. The van der Waals surface area contributed by atoms with Gasteiger partial charge in [-0.3, -0.25) is 4.79 Å². The van der Waals surface area contributed by atoms with Crippen molar-refractivity contribution in [3.8, 4) is 6.07 Å². The summed E-state index contributed by atoms with van der Waals surface area (Å²) in [7, 11) is 1.71. The van der Waals surface area contributed by atoms with Crippen LogP contribution in [0, 0.1) is 11.3 Å². The van der Waals surface area contributed by atoms with Crippen molar-refractivity contribution in [2.24, 2.45) is 0 Å². The van der Waals surface area contributed by atoms with Gasteiger partial charge in [-0.15, -0.1) is 0 Å². The second kappa shape index (κ2) is 5.64. The van der Waals surface area contributed by atoms with Gasteiger partial charge < -0.3 is 9.80 Å². The molecule has 0 aromatic heterocycles. The third kappa shape index (κ3) is 3.00. The smallest absolute Gasteiger partial charge is 0.278 e. The lowest BCUT2D eigenvalue weighted by Gasteiger charge is -2.31. The third-order valence-corrected chi connectivity index (χ3v) is 4.19. The summed E-state index contributed by atoms with van der Waals surface area (Å²) in [4.78, 5) is 15.1. The summed E-state index contributed by atoms with van der Waals surface area (Å²) in [6.07, 6.45) is 1.02. The van der Waals surface area contributed by atoms with Crippen LogP contribution in [-0.4, -0.2) is 36.5 Å². The molecule has 1 aromatic rings. The first-order valence-electron chi connectivity index (χ1n) is 7.02. The molecule has 0 radical (unpaired) electrons. The number of nitrogens with zero attached hydrogens (tertiary/aromatic N) is 2. The van der Waals surface area contributed by atoms with Crippen molar-refractivity contribution in [1.82, 2.24) is 4.90 Å². The zero-order chi connectivity index (χ0) is 14.8. The first-order valence-corrected chi connectivity index (χ1v) is 7.02. The summed E-state index contributed by atoms with van der Waals surface area (Å²) in [5.41, 5.74) is 1.99. The predicted octanol–water partition coefficient (Wildman–Crippen LogP) is 0.388. The van der Waals surface area contributed by atoms with Crippen molar-refractivity contribution in [3.63, 3.8) is 0 Å². The van der Waals surface area contributed by atoms with Crippen molar-refractivity contribution in [3.05, 3.63) is 35.4 Å². The molecule has 1 amide bonds. The van der Waals surface area contributed by atoms with Gasteiger partial charge in [0, 0.05) is 19.0 Å². The molecule has 4 nitrogen and oxygen atoms in total. The molecule has 20 heavy (non-hydrogen) atoms. The Morgan fingerprint density at radius 1 is 1.40 bits per heavy atom. The van der Waals surface area contributed by atoms with Crippen LogP contribution in [0.4, 0.5) is 0 Å². The SMILES string of the molecule is CN(C(=O)C[NH+]1CCc2ccccc2C1)C(C)(C)C#N. The molecule has 1 heterocycles. The van der Waals surface area contributed by atoms with Gasteiger partial charge in [-0.05, 0) is 19.4 Å². The lowest BCUT2D eigenvalue weighted by molar-refractivity contribution is -0.908. The minimum absolute atomic E-state index is 0.0333. The van der Waals surface area contributed by atoms with Crippen molar-refractivity contribution < 1.29 is 9.69 Å². The van der Waals surface area contributed by atoms with Crippen LogP contribution in [0.15, 0.2) is 24.3 Å². The Labute approximate surface area is 120 Å². The molecule has 0 spiro atoms. The quantitative estimate of drug-likeness (QED) is 0.865. The molecule has 4 heteroatoms. The summed E-state index contributed by atoms with van der Waals surface area (Å²) >= 11 is 0. The standard InChI is InChI=1S/C16H21N3O/c1-16(2,12-17)18(3)15(20)11-19-9-8-13-6-4-5-7-14(13)10-19/h4-7H,8-11H2,1-3H3/p+1. The number of nitriles is 1. The highest BCUT2D eigenvalue weighted by molar-refractivity contribution is 5.78. The number of benzene rings is 1. The topological polar surface area (TPSA) is 48.5 Å². The number of carbonyl (C=O) groups excluding carboxylic acids is 1. The number of rotatable bonds is 3. The summed E-state index contributed by atoms with van der Waals surface area (Å²) in [6.45, 7) is 5.86. The van der Waals surface area contributed by atoms with Crippen molar-refractivity contribution >= 4 is 5.91 Å². The first-order chi connectivity index (χ1) is 9.44. The fourth-order valence-electron chi connectivity index (χ4n) is 2.51. The number of hydrogen-bond acceptors (Lipinski definition) is 2. The van der Waals surface area contributed by atoms with Crippen LogP contribution in [0.2, 0.25) is 0 Å². The second-order valence-corrected chi connectivity index (χ2v) is 6.00. The van der Waals surface area contributed by atoms with Gasteiger partial charge in [-0.2, -0.15) is 5.26 Å². The molecule has 0 bridgehead atoms. The number of quaternary nitrogens is 1. The van der Waals surface area contributed by atoms with E-state index in [9.17, 15) is 4.79 Å². The highest BCUT2D eigenvalue weighted by Gasteiger charge is 2.30. The van der Waals surface area contributed by atoms with Gasteiger partial charge in [-0.25, -0.2) is 0 Å². The van der Waals surface area contributed by atoms with E-state index in [1.807, 2.05) is 0 Å². The summed E-state index contributed by atoms with van der Waals surface area (Å²) < 4.78 is 0. The molecule has 1 aliphatic heterocycles. The normalized spacial score (nSPS) is 18.0. The van der Waals surface area contributed by atoms with Crippen LogP contribution in [0.1, 0.15) is 25.0 Å². The summed E-state index contributed by atoms with van der Waals surface area (Å²) in [6, 6.07) is 10.6. The maximum absolute atomic E-state index is 12.3. The number of hydrogen-bond donors (Lipinski definition) is 1. The van der Waals surface area contributed by atoms with E-state index >= 15 is 0 Å². The molecule has 0 saturated heterocycles. The van der Waals surface area contributed by atoms with Crippen molar-refractivity contribution in [1.29, 1.82) is 5.26 Å². The largest absolute Gasteiger partial charge is 0.323 e. The van der Waals surface area contributed by atoms with Crippen LogP contribution in [0.5, 0.6) is 0 Å². The molecule has 1 unspecified atom stereocenters. The van der Waals surface area contributed by atoms with E-state index < -0.39 is 5.54 Å². The fraction of sp³-hybridized carbons (Fsp3) is 0.500. The Bertz CT molecular complexity index is 545. The summed E-state index contributed by atoms with van der Waals surface area (Å²) in [5, 5.41) is 9.10. The molecule has 106 valence electrons. The van der Waals surface area contributed by atoms with E-state index in [2.05, 4.69) is 30.3 Å². The van der Waals surface area contributed by atoms with Crippen LogP contribution >= 0.6 is 0 Å². The Morgan fingerprint density at radius 2 is 2.05 bits per heavy atom. The van der Waals surface area contributed by atoms with Gasteiger partial charge in [-0.1, -0.05) is 24.3 Å². The van der Waals surface area contributed by atoms with E-state index in [1.165, 1.54) is 16.0 Å². The molecule has 0 aliphatic carbocycles. The Balaban J connectivity index is 1.99. The van der Waals surface area contributed by atoms with Gasteiger partial charge in [0.05, 0.1) is 12.6 Å². The van der Waals surface area contributed by atoms with Crippen LogP contribution in [-0.2, 0) is 17.8 Å². The van der Waals surface area contributed by atoms with Gasteiger partial charge >= 0.3 is 0 Å². The Kier molecular flexibility index (Phi) is 4.10. The second-order valence-electron chi connectivity index (χ2n) is 6.00. The monoisotopic (exact) mass is 272 g/mol. The minimum atomic E-state index is -0.746. The average molecular weight is 272 g/mol. The molecule has 1 atom stereocenters. The number of likely N-dealkylation sites (N-methyl/N-ethyl adjacent to an activating group) is 1. The van der Waals surface area contributed by atoms with E-state index in [1.54, 1.807) is 25.8 Å².